The summed E-state index contributed by atoms with van der Waals surface area (Å²) in [6.07, 6.45) is 4.54. The summed E-state index contributed by atoms with van der Waals surface area (Å²) in [5, 5.41) is 0. The molecule has 1 fully saturated rings. The highest BCUT2D eigenvalue weighted by atomic mass is 79.9. The van der Waals surface area contributed by atoms with Crippen molar-refractivity contribution < 1.29 is 23.8 Å². The molecule has 0 spiro atoms. The number of hydrogen-bond donors (Lipinski definition) is 0. The summed E-state index contributed by atoms with van der Waals surface area (Å²) in [7, 11) is 1.59. The molecule has 36 heavy (non-hydrogen) atoms. The summed E-state index contributed by atoms with van der Waals surface area (Å²) >= 11 is 10.3. The zero-order valence-electron chi connectivity index (χ0n) is 20.7. The predicted molar refractivity (Wildman–Crippen MR) is 151 cm³/mol. The normalized spacial score (nSPS) is 14.4. The van der Waals surface area contributed by atoms with Crippen LogP contribution < -0.4 is 9.47 Å². The Hall–Kier alpha value is -2.36. The third kappa shape index (κ3) is 7.82. The number of methoxy groups -OCH3 is 1. The molecule has 1 heterocycles. The lowest BCUT2D eigenvalue weighted by Crippen LogP contribution is -2.29. The number of carbonyl (C=O) groups is 2. The minimum Gasteiger partial charge on any atom is -0.493 e. The van der Waals surface area contributed by atoms with Gasteiger partial charge in [-0.05, 0) is 72.0 Å². The van der Waals surface area contributed by atoms with E-state index in [4.69, 9.17) is 26.4 Å². The molecule has 2 aromatic carbocycles. The van der Waals surface area contributed by atoms with E-state index in [0.29, 0.717) is 46.9 Å². The van der Waals surface area contributed by atoms with Gasteiger partial charge >= 0.3 is 5.97 Å². The molecule has 0 radical (unpaired) electrons. The lowest BCUT2D eigenvalue weighted by Gasteiger charge is -2.14. The van der Waals surface area contributed by atoms with Crippen molar-refractivity contribution in [3.8, 4) is 11.5 Å². The number of thioether (sulfide) groups is 1. The summed E-state index contributed by atoms with van der Waals surface area (Å²) in [4.78, 5) is 26.6. The average molecular weight is 593 g/mol. The number of aryl methyl sites for hydroxylation is 1. The molecule has 1 amide bonds. The van der Waals surface area contributed by atoms with Crippen LogP contribution in [0.3, 0.4) is 0 Å². The van der Waals surface area contributed by atoms with Gasteiger partial charge in [-0.15, -0.1) is 0 Å². The van der Waals surface area contributed by atoms with E-state index in [9.17, 15) is 9.59 Å². The molecule has 1 aliphatic heterocycles. The second kappa shape index (κ2) is 13.8. The Morgan fingerprint density at radius 3 is 2.61 bits per heavy atom. The van der Waals surface area contributed by atoms with Crippen LogP contribution in [0.1, 0.15) is 49.3 Å². The van der Waals surface area contributed by atoms with Crippen molar-refractivity contribution in [2.45, 2.75) is 46.1 Å². The Morgan fingerprint density at radius 2 is 1.92 bits per heavy atom. The molecular formula is C27H30BrNO5S2. The fraction of sp³-hybridized carbons (Fsp3) is 0.370. The Balaban J connectivity index is 1.62. The molecule has 192 valence electrons. The van der Waals surface area contributed by atoms with E-state index in [0.717, 1.165) is 34.9 Å². The van der Waals surface area contributed by atoms with Crippen molar-refractivity contribution in [3.05, 3.63) is 62.5 Å². The van der Waals surface area contributed by atoms with E-state index in [2.05, 4.69) is 15.9 Å². The summed E-state index contributed by atoms with van der Waals surface area (Å²) in [6, 6.07) is 11.9. The molecule has 0 N–H and O–H groups in total. The van der Waals surface area contributed by atoms with Crippen molar-refractivity contribution in [2.24, 2.45) is 0 Å². The van der Waals surface area contributed by atoms with Crippen molar-refractivity contribution in [2.75, 3.05) is 20.3 Å². The van der Waals surface area contributed by atoms with Gasteiger partial charge in [-0.2, -0.15) is 0 Å². The Kier molecular flexibility index (Phi) is 10.8. The molecule has 2 aromatic rings. The second-order valence-corrected chi connectivity index (χ2v) is 10.8. The molecule has 6 nitrogen and oxygen atoms in total. The summed E-state index contributed by atoms with van der Waals surface area (Å²) in [5.41, 5.74) is 3.06. The molecule has 0 atom stereocenters. The van der Waals surface area contributed by atoms with E-state index < -0.39 is 0 Å². The number of ether oxygens (including phenoxy) is 3. The Morgan fingerprint density at radius 1 is 1.17 bits per heavy atom. The van der Waals surface area contributed by atoms with Crippen LogP contribution in [0.15, 0.2) is 45.8 Å². The van der Waals surface area contributed by atoms with Crippen LogP contribution in [0, 0.1) is 6.92 Å². The van der Waals surface area contributed by atoms with Crippen LogP contribution in [0.2, 0.25) is 0 Å². The van der Waals surface area contributed by atoms with Crippen molar-refractivity contribution in [3.63, 3.8) is 0 Å². The predicted octanol–water partition coefficient (Wildman–Crippen LogP) is 6.67. The van der Waals surface area contributed by atoms with E-state index in [1.807, 2.05) is 49.4 Å². The highest BCUT2D eigenvalue weighted by molar-refractivity contribution is 9.10. The van der Waals surface area contributed by atoms with Gasteiger partial charge < -0.3 is 14.2 Å². The molecular weight excluding hydrogens is 562 g/mol. The first kappa shape index (κ1) is 28.2. The van der Waals surface area contributed by atoms with Gasteiger partial charge in [0.25, 0.3) is 5.91 Å². The zero-order valence-corrected chi connectivity index (χ0v) is 23.9. The highest BCUT2D eigenvalue weighted by Crippen LogP contribution is 2.39. The van der Waals surface area contributed by atoms with E-state index in [-0.39, 0.29) is 11.9 Å². The second-order valence-electron chi connectivity index (χ2n) is 8.26. The Labute approximate surface area is 230 Å². The maximum absolute atomic E-state index is 13.0. The number of esters is 1. The van der Waals surface area contributed by atoms with Crippen LogP contribution in [-0.2, 0) is 20.9 Å². The maximum atomic E-state index is 13.0. The van der Waals surface area contributed by atoms with Gasteiger partial charge in [0.05, 0.1) is 23.1 Å². The molecule has 0 saturated carbocycles. The van der Waals surface area contributed by atoms with Crippen LogP contribution >= 0.6 is 39.9 Å². The number of unbranched alkanes of at least 4 members (excludes halogenated alkanes) is 2. The van der Waals surface area contributed by atoms with E-state index in [1.165, 1.54) is 17.3 Å². The third-order valence-corrected chi connectivity index (χ3v) is 7.46. The average Bonchev–Trinajstić information content (AvgIpc) is 3.11. The number of rotatable bonds is 12. The summed E-state index contributed by atoms with van der Waals surface area (Å²) in [5.74, 6) is 0.884. The van der Waals surface area contributed by atoms with Gasteiger partial charge in [0, 0.05) is 13.0 Å². The summed E-state index contributed by atoms with van der Waals surface area (Å²) < 4.78 is 17.8. The number of amides is 1. The topological polar surface area (TPSA) is 65.1 Å². The SMILES string of the molecule is CCOC(=O)CCCCCN1C(=O)/C(=C/c2cc(Br)c(OCc3ccc(C)cc3)c(OC)c2)SC1=S. The molecule has 0 aromatic heterocycles. The third-order valence-electron chi connectivity index (χ3n) is 5.49. The van der Waals surface area contributed by atoms with Gasteiger partial charge in [0.2, 0.25) is 0 Å². The Bertz CT molecular complexity index is 1130. The zero-order chi connectivity index (χ0) is 26.1. The van der Waals surface area contributed by atoms with Crippen LogP contribution in [-0.4, -0.2) is 41.4 Å². The van der Waals surface area contributed by atoms with Crippen LogP contribution in [0.25, 0.3) is 6.08 Å². The number of halogens is 1. The van der Waals surface area contributed by atoms with Gasteiger partial charge in [0.1, 0.15) is 10.9 Å². The molecule has 1 saturated heterocycles. The van der Waals surface area contributed by atoms with Crippen molar-refractivity contribution >= 4 is 62.2 Å². The standard InChI is InChI=1S/C27H30BrNO5S2/c1-4-33-24(30)8-6-5-7-13-29-26(31)23(36-27(29)35)16-20-14-21(28)25(22(15-20)32-3)34-17-19-11-9-18(2)10-12-19/h9-12,14-16H,4-8,13,17H2,1-3H3/b23-16-. The first-order chi connectivity index (χ1) is 17.3. The minimum absolute atomic E-state index is 0.106. The molecule has 1 aliphatic rings. The van der Waals surface area contributed by atoms with Crippen molar-refractivity contribution in [1.29, 1.82) is 0 Å². The van der Waals surface area contributed by atoms with Gasteiger partial charge in [0.15, 0.2) is 11.5 Å². The number of thiocarbonyl (C=S) groups is 1. The summed E-state index contributed by atoms with van der Waals surface area (Å²) in [6.45, 7) is 5.18. The molecule has 0 unspecified atom stereocenters. The van der Waals surface area contributed by atoms with Gasteiger partial charge in [-0.1, -0.05) is 60.2 Å². The molecule has 0 bridgehead atoms. The quantitative estimate of drug-likeness (QED) is 0.118. The minimum atomic E-state index is -0.181. The number of nitrogens with zero attached hydrogens (tertiary/aromatic N) is 1. The maximum Gasteiger partial charge on any atom is 0.305 e. The first-order valence-electron chi connectivity index (χ1n) is 11.8. The van der Waals surface area contributed by atoms with Crippen molar-refractivity contribution in [1.82, 2.24) is 4.90 Å². The molecule has 9 heteroatoms. The first-order valence-corrected chi connectivity index (χ1v) is 13.8. The number of hydrogen-bond acceptors (Lipinski definition) is 7. The fourth-order valence-electron chi connectivity index (χ4n) is 3.60. The van der Waals surface area contributed by atoms with E-state index in [1.54, 1.807) is 18.9 Å². The largest absolute Gasteiger partial charge is 0.493 e. The fourth-order valence-corrected chi connectivity index (χ4v) is 5.48. The van der Waals surface area contributed by atoms with E-state index >= 15 is 0 Å². The van der Waals surface area contributed by atoms with Crippen LogP contribution in [0.4, 0.5) is 0 Å². The monoisotopic (exact) mass is 591 g/mol. The smallest absolute Gasteiger partial charge is 0.305 e. The lowest BCUT2D eigenvalue weighted by atomic mass is 10.1. The molecule has 3 rings (SSSR count). The van der Waals surface area contributed by atoms with Gasteiger partial charge in [-0.25, -0.2) is 0 Å². The number of benzene rings is 2. The number of carbonyl (C=O) groups excluding carboxylic acids is 2. The molecule has 0 aliphatic carbocycles. The van der Waals surface area contributed by atoms with Gasteiger partial charge in [-0.3, -0.25) is 14.5 Å². The lowest BCUT2D eigenvalue weighted by molar-refractivity contribution is -0.143. The highest BCUT2D eigenvalue weighted by Gasteiger charge is 2.31. The van der Waals surface area contributed by atoms with Crippen LogP contribution in [0.5, 0.6) is 11.5 Å².